The zero-order valence-corrected chi connectivity index (χ0v) is 11.8. The van der Waals surface area contributed by atoms with Crippen LogP contribution in [-0.4, -0.2) is 40.5 Å². The molecule has 2 atom stereocenters. The minimum Gasteiger partial charge on any atom is -0.347 e. The van der Waals surface area contributed by atoms with Gasteiger partial charge in [-0.1, -0.05) is 6.92 Å². The van der Waals surface area contributed by atoms with E-state index in [9.17, 15) is 0 Å². The monoisotopic (exact) mass is 250 g/mol. The van der Waals surface area contributed by atoms with Crippen LogP contribution in [0.2, 0.25) is 0 Å². The van der Waals surface area contributed by atoms with Crippen LogP contribution in [0.3, 0.4) is 0 Å². The highest BCUT2D eigenvalue weighted by Crippen LogP contribution is 2.22. The van der Waals surface area contributed by atoms with Crippen molar-refractivity contribution in [1.29, 1.82) is 0 Å². The quantitative estimate of drug-likeness (QED) is 0.842. The summed E-state index contributed by atoms with van der Waals surface area (Å²) in [6, 6.07) is 0.864. The summed E-state index contributed by atoms with van der Waals surface area (Å²) in [5.74, 6) is 1.83. The van der Waals surface area contributed by atoms with Gasteiger partial charge < -0.3 is 15.2 Å². The first kappa shape index (κ1) is 13.6. The van der Waals surface area contributed by atoms with Crippen molar-refractivity contribution in [3.05, 3.63) is 18.2 Å². The molecule has 2 heterocycles. The first-order valence-corrected chi connectivity index (χ1v) is 7.18. The van der Waals surface area contributed by atoms with E-state index in [1.54, 1.807) is 0 Å². The lowest BCUT2D eigenvalue weighted by Gasteiger charge is -2.35. The second-order valence-corrected chi connectivity index (χ2v) is 5.42. The molecule has 1 saturated heterocycles. The fourth-order valence-electron chi connectivity index (χ4n) is 2.89. The molecule has 0 aliphatic carbocycles. The van der Waals surface area contributed by atoms with Crippen molar-refractivity contribution >= 4 is 0 Å². The standard InChI is InChI=1S/C14H26N4/c1-4-18-9-5-13(6-10-18)11(2)17-12(3)14-15-7-8-16-14/h7-8,11-13,17H,4-6,9-10H2,1-3H3,(H,15,16). The summed E-state index contributed by atoms with van der Waals surface area (Å²) in [5, 5.41) is 3.67. The molecule has 1 aliphatic heterocycles. The normalized spacial score (nSPS) is 21.9. The van der Waals surface area contributed by atoms with Gasteiger partial charge in [0.05, 0.1) is 6.04 Å². The Kier molecular flexibility index (Phi) is 4.78. The third kappa shape index (κ3) is 3.33. The largest absolute Gasteiger partial charge is 0.347 e. The lowest BCUT2D eigenvalue weighted by Crippen LogP contribution is -2.42. The molecule has 0 amide bonds. The number of aromatic amines is 1. The molecule has 2 N–H and O–H groups in total. The van der Waals surface area contributed by atoms with Crippen LogP contribution in [0.5, 0.6) is 0 Å². The molecular formula is C14H26N4. The number of rotatable bonds is 5. The third-order valence-electron chi connectivity index (χ3n) is 4.23. The van der Waals surface area contributed by atoms with Crippen molar-refractivity contribution in [1.82, 2.24) is 20.2 Å². The Morgan fingerprint density at radius 1 is 1.44 bits per heavy atom. The molecular weight excluding hydrogens is 224 g/mol. The predicted octanol–water partition coefficient (Wildman–Crippen LogP) is 2.18. The van der Waals surface area contributed by atoms with Gasteiger partial charge in [0.1, 0.15) is 5.82 Å². The maximum absolute atomic E-state index is 4.31. The Bertz CT molecular complexity index is 328. The van der Waals surface area contributed by atoms with Crippen LogP contribution in [0.4, 0.5) is 0 Å². The Balaban J connectivity index is 1.80. The topological polar surface area (TPSA) is 44.0 Å². The number of hydrogen-bond donors (Lipinski definition) is 2. The van der Waals surface area contributed by atoms with Crippen LogP contribution in [0.1, 0.15) is 45.5 Å². The van der Waals surface area contributed by atoms with Crippen LogP contribution < -0.4 is 5.32 Å². The molecule has 2 unspecified atom stereocenters. The molecule has 1 aliphatic rings. The molecule has 1 aromatic rings. The van der Waals surface area contributed by atoms with Crippen LogP contribution in [0.15, 0.2) is 12.4 Å². The van der Waals surface area contributed by atoms with Gasteiger partial charge in [-0.2, -0.15) is 0 Å². The van der Waals surface area contributed by atoms with E-state index in [4.69, 9.17) is 0 Å². The van der Waals surface area contributed by atoms with Gasteiger partial charge in [0, 0.05) is 18.4 Å². The van der Waals surface area contributed by atoms with E-state index in [0.717, 1.165) is 11.7 Å². The number of piperidine rings is 1. The van der Waals surface area contributed by atoms with Crippen LogP contribution in [0, 0.1) is 5.92 Å². The second kappa shape index (κ2) is 6.34. The van der Waals surface area contributed by atoms with Crippen molar-refractivity contribution < 1.29 is 0 Å². The van der Waals surface area contributed by atoms with E-state index in [1.807, 2.05) is 12.4 Å². The summed E-state index contributed by atoms with van der Waals surface area (Å²) in [7, 11) is 0. The van der Waals surface area contributed by atoms with E-state index < -0.39 is 0 Å². The number of nitrogens with one attached hydrogen (secondary N) is 2. The fourth-order valence-corrected chi connectivity index (χ4v) is 2.89. The van der Waals surface area contributed by atoms with E-state index in [1.165, 1.54) is 32.5 Å². The molecule has 4 nitrogen and oxygen atoms in total. The SMILES string of the molecule is CCN1CCC(C(C)NC(C)c2ncc[nH]2)CC1. The van der Waals surface area contributed by atoms with E-state index in [0.29, 0.717) is 12.1 Å². The van der Waals surface area contributed by atoms with Gasteiger partial charge in [0.2, 0.25) is 0 Å². The first-order valence-electron chi connectivity index (χ1n) is 7.18. The molecule has 0 bridgehead atoms. The van der Waals surface area contributed by atoms with Gasteiger partial charge in [-0.15, -0.1) is 0 Å². The zero-order valence-electron chi connectivity index (χ0n) is 11.8. The van der Waals surface area contributed by atoms with Gasteiger partial charge in [-0.05, 0) is 52.2 Å². The maximum atomic E-state index is 4.31. The smallest absolute Gasteiger partial charge is 0.122 e. The molecule has 1 fully saturated rings. The minimum absolute atomic E-state index is 0.305. The van der Waals surface area contributed by atoms with E-state index in [2.05, 4.69) is 41.0 Å². The molecule has 0 aromatic carbocycles. The average molecular weight is 250 g/mol. The summed E-state index contributed by atoms with van der Waals surface area (Å²) in [6.07, 6.45) is 6.33. The first-order chi connectivity index (χ1) is 8.70. The Morgan fingerprint density at radius 2 is 2.17 bits per heavy atom. The summed E-state index contributed by atoms with van der Waals surface area (Å²) < 4.78 is 0. The highest BCUT2D eigenvalue weighted by Gasteiger charge is 2.24. The third-order valence-corrected chi connectivity index (χ3v) is 4.23. The molecule has 4 heteroatoms. The van der Waals surface area contributed by atoms with Crippen LogP contribution in [-0.2, 0) is 0 Å². The number of hydrogen-bond acceptors (Lipinski definition) is 3. The summed E-state index contributed by atoms with van der Waals surface area (Å²) in [6.45, 7) is 10.4. The van der Waals surface area contributed by atoms with Crippen LogP contribution in [0.25, 0.3) is 0 Å². The summed E-state index contributed by atoms with van der Waals surface area (Å²) >= 11 is 0. The molecule has 0 spiro atoms. The molecule has 18 heavy (non-hydrogen) atoms. The molecule has 0 radical (unpaired) electrons. The Labute approximate surface area is 110 Å². The van der Waals surface area contributed by atoms with Gasteiger partial charge in [-0.25, -0.2) is 4.98 Å². The van der Waals surface area contributed by atoms with Crippen molar-refractivity contribution in [3.63, 3.8) is 0 Å². The van der Waals surface area contributed by atoms with Crippen LogP contribution >= 0.6 is 0 Å². The fraction of sp³-hybridized carbons (Fsp3) is 0.786. The lowest BCUT2D eigenvalue weighted by molar-refractivity contribution is 0.164. The van der Waals surface area contributed by atoms with Gasteiger partial charge >= 0.3 is 0 Å². The minimum atomic E-state index is 0.305. The Morgan fingerprint density at radius 3 is 2.72 bits per heavy atom. The van der Waals surface area contributed by atoms with E-state index in [-0.39, 0.29) is 0 Å². The maximum Gasteiger partial charge on any atom is 0.122 e. The number of aromatic nitrogens is 2. The van der Waals surface area contributed by atoms with Gasteiger partial charge in [0.15, 0.2) is 0 Å². The highest BCUT2D eigenvalue weighted by molar-refractivity contribution is 4.95. The predicted molar refractivity (Wildman–Crippen MR) is 74.4 cm³/mol. The summed E-state index contributed by atoms with van der Waals surface area (Å²) in [4.78, 5) is 10.0. The van der Waals surface area contributed by atoms with Gasteiger partial charge in [-0.3, -0.25) is 0 Å². The molecule has 1 aromatic heterocycles. The van der Waals surface area contributed by atoms with Crippen molar-refractivity contribution in [3.8, 4) is 0 Å². The van der Waals surface area contributed by atoms with Crippen molar-refractivity contribution in [2.45, 2.75) is 45.7 Å². The summed E-state index contributed by atoms with van der Waals surface area (Å²) in [5.41, 5.74) is 0. The second-order valence-electron chi connectivity index (χ2n) is 5.42. The number of likely N-dealkylation sites (tertiary alicyclic amines) is 1. The van der Waals surface area contributed by atoms with Gasteiger partial charge in [0.25, 0.3) is 0 Å². The zero-order chi connectivity index (χ0) is 13.0. The lowest BCUT2D eigenvalue weighted by atomic mass is 9.90. The van der Waals surface area contributed by atoms with E-state index >= 15 is 0 Å². The molecule has 0 saturated carbocycles. The highest BCUT2D eigenvalue weighted by atomic mass is 15.1. The Hall–Kier alpha value is -0.870. The van der Waals surface area contributed by atoms with Crippen molar-refractivity contribution in [2.24, 2.45) is 5.92 Å². The van der Waals surface area contributed by atoms with Crippen molar-refractivity contribution in [2.75, 3.05) is 19.6 Å². The number of H-pyrrole nitrogens is 1. The molecule has 102 valence electrons. The average Bonchev–Trinajstić information content (AvgIpc) is 2.92. The molecule has 2 rings (SSSR count). The number of imidazole rings is 1. The number of nitrogens with zero attached hydrogens (tertiary/aromatic N) is 2.